The number of carbonyl (C=O) groups excluding carboxylic acids is 2. The van der Waals surface area contributed by atoms with Gasteiger partial charge in [-0.2, -0.15) is 5.10 Å². The summed E-state index contributed by atoms with van der Waals surface area (Å²) in [6.45, 7) is 2.07. The number of benzene rings is 1. The first-order valence-corrected chi connectivity index (χ1v) is 10.8. The van der Waals surface area contributed by atoms with Crippen molar-refractivity contribution in [2.24, 2.45) is 5.92 Å². The van der Waals surface area contributed by atoms with E-state index < -0.39 is 0 Å². The third-order valence-corrected chi connectivity index (χ3v) is 5.99. The summed E-state index contributed by atoms with van der Waals surface area (Å²) in [5, 5.41) is 10.9. The standard InChI is InChI=1S/C24H28N4O2/c1-16(18-9-3-2-4-10-18)11-20(29)13-19-14-22-21(15-25-19)24(28-27-22)26-23(30)12-17-7-5-6-8-17/h2-4,9-10,14-17H,5-8,11-13H2,1H3,(H2,26,27,28,30)/t16-/m0/s1. The molecule has 4 rings (SSSR count). The number of aromatic nitrogens is 3. The molecule has 1 atom stereocenters. The molecule has 1 aromatic carbocycles. The Morgan fingerprint density at radius 3 is 2.73 bits per heavy atom. The molecule has 0 saturated heterocycles. The molecule has 1 aliphatic rings. The number of ketones is 1. The van der Waals surface area contributed by atoms with Gasteiger partial charge in [-0.05, 0) is 36.3 Å². The highest BCUT2D eigenvalue weighted by atomic mass is 16.1. The van der Waals surface area contributed by atoms with E-state index >= 15 is 0 Å². The Morgan fingerprint density at radius 2 is 1.97 bits per heavy atom. The van der Waals surface area contributed by atoms with Gasteiger partial charge >= 0.3 is 0 Å². The van der Waals surface area contributed by atoms with Crippen molar-refractivity contribution < 1.29 is 9.59 Å². The molecule has 2 heterocycles. The van der Waals surface area contributed by atoms with Crippen LogP contribution in [0.1, 0.15) is 62.6 Å². The number of nitrogens with zero attached hydrogens (tertiary/aromatic N) is 2. The summed E-state index contributed by atoms with van der Waals surface area (Å²) < 4.78 is 0. The maximum Gasteiger partial charge on any atom is 0.225 e. The predicted octanol–water partition coefficient (Wildman–Crippen LogP) is 4.78. The summed E-state index contributed by atoms with van der Waals surface area (Å²) in [4.78, 5) is 29.3. The highest BCUT2D eigenvalue weighted by molar-refractivity contribution is 5.99. The van der Waals surface area contributed by atoms with Crippen molar-refractivity contribution in [3.05, 3.63) is 53.9 Å². The van der Waals surface area contributed by atoms with E-state index in [0.29, 0.717) is 30.3 Å². The molecule has 1 fully saturated rings. The maximum atomic E-state index is 12.5. The first kappa shape index (κ1) is 20.3. The number of amides is 1. The molecule has 2 N–H and O–H groups in total. The van der Waals surface area contributed by atoms with Crippen LogP contribution in [0.3, 0.4) is 0 Å². The van der Waals surface area contributed by atoms with E-state index in [1.807, 2.05) is 24.3 Å². The molecule has 1 aliphatic carbocycles. The van der Waals surface area contributed by atoms with Crippen molar-refractivity contribution in [3.8, 4) is 0 Å². The summed E-state index contributed by atoms with van der Waals surface area (Å²) in [6.07, 6.45) is 7.72. The fraction of sp³-hybridized carbons (Fsp3) is 0.417. The topological polar surface area (TPSA) is 87.7 Å². The zero-order valence-electron chi connectivity index (χ0n) is 17.4. The van der Waals surface area contributed by atoms with Crippen LogP contribution in [0.2, 0.25) is 0 Å². The number of hydrogen-bond acceptors (Lipinski definition) is 4. The smallest absolute Gasteiger partial charge is 0.225 e. The summed E-state index contributed by atoms with van der Waals surface area (Å²) in [5.74, 6) is 1.34. The average molecular weight is 405 g/mol. The number of anilines is 1. The molecule has 30 heavy (non-hydrogen) atoms. The average Bonchev–Trinajstić information content (AvgIpc) is 3.38. The van der Waals surface area contributed by atoms with Gasteiger partial charge in [0.1, 0.15) is 5.78 Å². The lowest BCUT2D eigenvalue weighted by Crippen LogP contribution is -2.15. The van der Waals surface area contributed by atoms with Crippen molar-refractivity contribution in [3.63, 3.8) is 0 Å². The Hall–Kier alpha value is -3.02. The van der Waals surface area contributed by atoms with Gasteiger partial charge < -0.3 is 5.32 Å². The second kappa shape index (κ2) is 9.20. The number of aromatic amines is 1. The van der Waals surface area contributed by atoms with E-state index in [1.165, 1.54) is 18.4 Å². The number of Topliss-reactive ketones (excluding diaryl/α,β-unsaturated/α-hetero) is 1. The molecule has 0 radical (unpaired) electrons. The van der Waals surface area contributed by atoms with Gasteiger partial charge in [0, 0.05) is 31.2 Å². The highest BCUT2D eigenvalue weighted by Gasteiger charge is 2.20. The molecule has 0 bridgehead atoms. The van der Waals surface area contributed by atoms with Crippen molar-refractivity contribution in [2.45, 2.75) is 57.8 Å². The van der Waals surface area contributed by atoms with Crippen molar-refractivity contribution in [2.75, 3.05) is 5.32 Å². The summed E-state index contributed by atoms with van der Waals surface area (Å²) >= 11 is 0. The molecular weight excluding hydrogens is 376 g/mol. The van der Waals surface area contributed by atoms with E-state index in [2.05, 4.69) is 39.6 Å². The number of nitrogens with one attached hydrogen (secondary N) is 2. The van der Waals surface area contributed by atoms with Crippen molar-refractivity contribution in [1.82, 2.24) is 15.2 Å². The van der Waals surface area contributed by atoms with Crippen molar-refractivity contribution in [1.29, 1.82) is 0 Å². The second-order valence-corrected chi connectivity index (χ2v) is 8.43. The molecule has 0 unspecified atom stereocenters. The van der Waals surface area contributed by atoms with Crippen molar-refractivity contribution >= 4 is 28.4 Å². The monoisotopic (exact) mass is 404 g/mol. The van der Waals surface area contributed by atoms with Crippen LogP contribution in [0.4, 0.5) is 5.82 Å². The lowest BCUT2D eigenvalue weighted by atomic mass is 9.94. The van der Waals surface area contributed by atoms with Crippen LogP contribution < -0.4 is 5.32 Å². The second-order valence-electron chi connectivity index (χ2n) is 8.43. The summed E-state index contributed by atoms with van der Waals surface area (Å²) in [5.41, 5.74) is 2.65. The van der Waals surface area contributed by atoms with Gasteiger partial charge in [-0.3, -0.25) is 19.7 Å². The lowest BCUT2D eigenvalue weighted by Gasteiger charge is -2.10. The van der Waals surface area contributed by atoms with E-state index in [0.717, 1.165) is 23.7 Å². The SMILES string of the molecule is C[C@@H](CC(=O)Cc1cc2[nH]nc(NC(=O)CC3CCCC3)c2cn1)c1ccccc1. The van der Waals surface area contributed by atoms with E-state index in [1.54, 1.807) is 6.20 Å². The van der Waals surface area contributed by atoms with Crippen LogP contribution in [-0.4, -0.2) is 26.9 Å². The van der Waals surface area contributed by atoms with Gasteiger partial charge in [0.05, 0.1) is 10.9 Å². The van der Waals surface area contributed by atoms with Crippen LogP contribution in [0, 0.1) is 5.92 Å². The van der Waals surface area contributed by atoms with Crippen LogP contribution in [0.5, 0.6) is 0 Å². The molecule has 3 aromatic rings. The van der Waals surface area contributed by atoms with Gasteiger partial charge in [-0.1, -0.05) is 50.1 Å². The third-order valence-electron chi connectivity index (χ3n) is 5.99. The van der Waals surface area contributed by atoms with Gasteiger partial charge in [0.15, 0.2) is 5.82 Å². The number of pyridine rings is 1. The highest BCUT2D eigenvalue weighted by Crippen LogP contribution is 2.28. The van der Waals surface area contributed by atoms with Gasteiger partial charge in [0.2, 0.25) is 5.91 Å². The van der Waals surface area contributed by atoms with Crippen LogP contribution in [0.25, 0.3) is 10.9 Å². The molecule has 0 spiro atoms. The summed E-state index contributed by atoms with van der Waals surface area (Å²) in [6, 6.07) is 11.9. The van der Waals surface area contributed by atoms with Crippen LogP contribution >= 0.6 is 0 Å². The molecule has 6 nitrogen and oxygen atoms in total. The molecule has 156 valence electrons. The normalized spacial score (nSPS) is 15.4. The molecule has 1 amide bonds. The Bertz CT molecular complexity index is 1020. The third kappa shape index (κ3) is 4.93. The largest absolute Gasteiger partial charge is 0.309 e. The minimum atomic E-state index is 0.00412. The first-order chi connectivity index (χ1) is 14.6. The lowest BCUT2D eigenvalue weighted by molar-refractivity contribution is -0.119. The molecule has 2 aromatic heterocycles. The zero-order chi connectivity index (χ0) is 20.9. The first-order valence-electron chi connectivity index (χ1n) is 10.8. The van der Waals surface area contributed by atoms with Gasteiger partial charge in [0.25, 0.3) is 0 Å². The fourth-order valence-electron chi connectivity index (χ4n) is 4.32. The molecule has 1 saturated carbocycles. The predicted molar refractivity (Wildman–Crippen MR) is 117 cm³/mol. The number of H-pyrrole nitrogens is 1. The number of rotatable bonds is 8. The number of fused-ring (bicyclic) bond motifs is 1. The molecule has 6 heteroatoms. The minimum absolute atomic E-state index is 0.00412. The van der Waals surface area contributed by atoms with Crippen LogP contribution in [0.15, 0.2) is 42.6 Å². The van der Waals surface area contributed by atoms with E-state index in [9.17, 15) is 9.59 Å². The van der Waals surface area contributed by atoms with Gasteiger partial charge in [-0.15, -0.1) is 0 Å². The number of hydrogen-bond donors (Lipinski definition) is 2. The Kier molecular flexibility index (Phi) is 6.21. The molecular formula is C24H28N4O2. The quantitative estimate of drug-likeness (QED) is 0.565. The Morgan fingerprint density at radius 1 is 1.20 bits per heavy atom. The molecule has 0 aliphatic heterocycles. The maximum absolute atomic E-state index is 12.5. The van der Waals surface area contributed by atoms with Crippen LogP contribution in [-0.2, 0) is 16.0 Å². The van der Waals surface area contributed by atoms with Gasteiger partial charge in [-0.25, -0.2) is 0 Å². The van der Waals surface area contributed by atoms with E-state index in [4.69, 9.17) is 0 Å². The zero-order valence-corrected chi connectivity index (χ0v) is 17.4. The minimum Gasteiger partial charge on any atom is -0.309 e. The number of carbonyl (C=O) groups is 2. The Balaban J connectivity index is 1.36. The summed E-state index contributed by atoms with van der Waals surface area (Å²) in [7, 11) is 0. The fourth-order valence-corrected chi connectivity index (χ4v) is 4.32. The Labute approximate surface area is 176 Å². The van der Waals surface area contributed by atoms with E-state index in [-0.39, 0.29) is 24.0 Å².